The lowest BCUT2D eigenvalue weighted by molar-refractivity contribution is 0.0536. The SMILES string of the molecule is Cc1cccc(OC2CCCC(O)C2)c1. The van der Waals surface area contributed by atoms with E-state index in [-0.39, 0.29) is 12.2 Å². The highest BCUT2D eigenvalue weighted by atomic mass is 16.5. The Hall–Kier alpha value is -1.02. The fraction of sp³-hybridized carbons (Fsp3) is 0.538. The Balaban J connectivity index is 1.96. The van der Waals surface area contributed by atoms with Gasteiger partial charge in [-0.1, -0.05) is 12.1 Å². The summed E-state index contributed by atoms with van der Waals surface area (Å²) in [7, 11) is 0. The van der Waals surface area contributed by atoms with Gasteiger partial charge in [0, 0.05) is 6.42 Å². The van der Waals surface area contributed by atoms with Crippen molar-refractivity contribution in [2.45, 2.75) is 44.8 Å². The van der Waals surface area contributed by atoms with Crippen molar-refractivity contribution in [2.75, 3.05) is 0 Å². The maximum Gasteiger partial charge on any atom is 0.119 e. The molecule has 1 aliphatic carbocycles. The molecule has 1 fully saturated rings. The van der Waals surface area contributed by atoms with Gasteiger partial charge < -0.3 is 9.84 Å². The van der Waals surface area contributed by atoms with Crippen LogP contribution in [0.25, 0.3) is 0 Å². The summed E-state index contributed by atoms with van der Waals surface area (Å²) in [5.74, 6) is 0.925. The van der Waals surface area contributed by atoms with Crippen LogP contribution < -0.4 is 4.74 Å². The molecule has 2 nitrogen and oxygen atoms in total. The van der Waals surface area contributed by atoms with E-state index < -0.39 is 0 Å². The van der Waals surface area contributed by atoms with E-state index >= 15 is 0 Å². The van der Waals surface area contributed by atoms with E-state index in [0.29, 0.717) is 0 Å². The average molecular weight is 206 g/mol. The minimum atomic E-state index is -0.173. The van der Waals surface area contributed by atoms with Crippen molar-refractivity contribution in [3.63, 3.8) is 0 Å². The third kappa shape index (κ3) is 2.96. The van der Waals surface area contributed by atoms with E-state index in [4.69, 9.17) is 4.74 Å². The molecule has 1 aliphatic rings. The summed E-state index contributed by atoms with van der Waals surface area (Å²) in [5, 5.41) is 9.53. The molecule has 0 aromatic heterocycles. The average Bonchev–Trinajstić information content (AvgIpc) is 2.17. The van der Waals surface area contributed by atoms with Gasteiger partial charge >= 0.3 is 0 Å². The Kier molecular flexibility index (Phi) is 3.27. The predicted octanol–water partition coefficient (Wildman–Crippen LogP) is 2.68. The predicted molar refractivity (Wildman–Crippen MR) is 60.1 cm³/mol. The quantitative estimate of drug-likeness (QED) is 0.806. The molecule has 1 aromatic carbocycles. The molecule has 1 saturated carbocycles. The maximum absolute atomic E-state index is 9.53. The first-order chi connectivity index (χ1) is 7.24. The summed E-state index contributed by atoms with van der Waals surface area (Å²) in [6.45, 7) is 2.06. The highest BCUT2D eigenvalue weighted by Crippen LogP contribution is 2.24. The van der Waals surface area contributed by atoms with Crippen molar-refractivity contribution < 1.29 is 9.84 Å². The topological polar surface area (TPSA) is 29.5 Å². The number of hydrogen-bond donors (Lipinski definition) is 1. The van der Waals surface area contributed by atoms with Gasteiger partial charge in [0.1, 0.15) is 11.9 Å². The van der Waals surface area contributed by atoms with Crippen molar-refractivity contribution in [3.05, 3.63) is 29.8 Å². The summed E-state index contributed by atoms with van der Waals surface area (Å²) < 4.78 is 5.85. The van der Waals surface area contributed by atoms with Crippen LogP contribution in [0, 0.1) is 6.92 Å². The highest BCUT2D eigenvalue weighted by molar-refractivity contribution is 5.27. The first-order valence-electron chi connectivity index (χ1n) is 5.65. The maximum atomic E-state index is 9.53. The summed E-state index contributed by atoms with van der Waals surface area (Å²) in [6.07, 6.45) is 3.84. The van der Waals surface area contributed by atoms with Crippen LogP contribution in [-0.4, -0.2) is 17.3 Å². The van der Waals surface area contributed by atoms with E-state index in [1.807, 2.05) is 18.2 Å². The third-order valence-corrected chi connectivity index (χ3v) is 2.89. The van der Waals surface area contributed by atoms with E-state index in [1.54, 1.807) is 0 Å². The number of hydrogen-bond acceptors (Lipinski definition) is 2. The molecule has 0 amide bonds. The van der Waals surface area contributed by atoms with Crippen LogP contribution in [0.15, 0.2) is 24.3 Å². The van der Waals surface area contributed by atoms with E-state index in [9.17, 15) is 5.11 Å². The van der Waals surface area contributed by atoms with E-state index in [0.717, 1.165) is 31.4 Å². The fourth-order valence-corrected chi connectivity index (χ4v) is 2.11. The molecule has 2 rings (SSSR count). The van der Waals surface area contributed by atoms with Crippen molar-refractivity contribution in [1.29, 1.82) is 0 Å². The fourth-order valence-electron chi connectivity index (χ4n) is 2.11. The van der Waals surface area contributed by atoms with E-state index in [1.165, 1.54) is 5.56 Å². The second-order valence-electron chi connectivity index (χ2n) is 4.38. The lowest BCUT2D eigenvalue weighted by Crippen LogP contribution is -2.28. The first kappa shape index (κ1) is 10.5. The summed E-state index contributed by atoms with van der Waals surface area (Å²) in [4.78, 5) is 0. The smallest absolute Gasteiger partial charge is 0.119 e. The Morgan fingerprint density at radius 2 is 2.20 bits per heavy atom. The van der Waals surface area contributed by atoms with E-state index in [2.05, 4.69) is 13.0 Å². The van der Waals surface area contributed by atoms with Crippen LogP contribution in [-0.2, 0) is 0 Å². The molecular formula is C13H18O2. The van der Waals surface area contributed by atoms with Crippen molar-refractivity contribution in [3.8, 4) is 5.75 Å². The van der Waals surface area contributed by atoms with Crippen molar-refractivity contribution >= 4 is 0 Å². The van der Waals surface area contributed by atoms with Crippen LogP contribution in [0.1, 0.15) is 31.2 Å². The van der Waals surface area contributed by atoms with Crippen LogP contribution in [0.2, 0.25) is 0 Å². The molecule has 15 heavy (non-hydrogen) atoms. The van der Waals surface area contributed by atoms with Gasteiger partial charge in [-0.05, 0) is 43.9 Å². The number of aliphatic hydroxyl groups excluding tert-OH is 1. The monoisotopic (exact) mass is 206 g/mol. The van der Waals surface area contributed by atoms with Gasteiger partial charge in [0.2, 0.25) is 0 Å². The summed E-state index contributed by atoms with van der Waals surface area (Å²) >= 11 is 0. The molecule has 0 aliphatic heterocycles. The molecular weight excluding hydrogens is 188 g/mol. The lowest BCUT2D eigenvalue weighted by atomic mass is 9.95. The molecule has 1 N–H and O–H groups in total. The zero-order valence-electron chi connectivity index (χ0n) is 9.15. The molecule has 0 saturated heterocycles. The number of benzene rings is 1. The zero-order valence-corrected chi connectivity index (χ0v) is 9.15. The Bertz CT molecular complexity index is 322. The zero-order chi connectivity index (χ0) is 10.7. The second-order valence-corrected chi connectivity index (χ2v) is 4.38. The molecule has 0 bridgehead atoms. The molecule has 82 valence electrons. The molecule has 0 heterocycles. The van der Waals surface area contributed by atoms with Crippen LogP contribution >= 0.6 is 0 Å². The number of aliphatic hydroxyl groups is 1. The number of rotatable bonds is 2. The second kappa shape index (κ2) is 4.67. The number of ether oxygens (including phenoxy) is 1. The largest absolute Gasteiger partial charge is 0.490 e. The molecule has 2 heteroatoms. The Labute approximate surface area is 90.9 Å². The standard InChI is InChI=1S/C13H18O2/c1-10-4-2-6-12(8-10)15-13-7-3-5-11(14)9-13/h2,4,6,8,11,13-14H,3,5,7,9H2,1H3. The van der Waals surface area contributed by atoms with Crippen LogP contribution in [0.3, 0.4) is 0 Å². The minimum Gasteiger partial charge on any atom is -0.490 e. The Morgan fingerprint density at radius 1 is 1.33 bits per heavy atom. The third-order valence-electron chi connectivity index (χ3n) is 2.89. The van der Waals surface area contributed by atoms with Gasteiger partial charge in [-0.25, -0.2) is 0 Å². The van der Waals surface area contributed by atoms with Gasteiger partial charge in [-0.2, -0.15) is 0 Å². The summed E-state index contributed by atoms with van der Waals surface area (Å²) in [5.41, 5.74) is 1.21. The summed E-state index contributed by atoms with van der Waals surface area (Å²) in [6, 6.07) is 8.08. The minimum absolute atomic E-state index is 0.173. The normalized spacial score (nSPS) is 26.3. The molecule has 2 atom stereocenters. The Morgan fingerprint density at radius 3 is 2.93 bits per heavy atom. The van der Waals surface area contributed by atoms with Crippen molar-refractivity contribution in [1.82, 2.24) is 0 Å². The van der Waals surface area contributed by atoms with Crippen LogP contribution in [0.5, 0.6) is 5.75 Å². The van der Waals surface area contributed by atoms with Gasteiger partial charge in [-0.15, -0.1) is 0 Å². The molecule has 0 spiro atoms. The van der Waals surface area contributed by atoms with Gasteiger partial charge in [-0.3, -0.25) is 0 Å². The first-order valence-corrected chi connectivity index (χ1v) is 5.65. The van der Waals surface area contributed by atoms with Gasteiger partial charge in [0.15, 0.2) is 0 Å². The van der Waals surface area contributed by atoms with Gasteiger partial charge in [0.25, 0.3) is 0 Å². The van der Waals surface area contributed by atoms with Crippen molar-refractivity contribution in [2.24, 2.45) is 0 Å². The number of aryl methyl sites for hydroxylation is 1. The molecule has 1 aromatic rings. The molecule has 0 radical (unpaired) electrons. The van der Waals surface area contributed by atoms with Crippen LogP contribution in [0.4, 0.5) is 0 Å². The lowest BCUT2D eigenvalue weighted by Gasteiger charge is -2.26. The van der Waals surface area contributed by atoms with Gasteiger partial charge in [0.05, 0.1) is 6.10 Å². The molecule has 2 unspecified atom stereocenters. The highest BCUT2D eigenvalue weighted by Gasteiger charge is 2.21.